The molecule has 1 amide bonds. The molecule has 3 aromatic rings. The number of carbonyl (C=O) groups excluding carboxylic acids is 1. The molecular formula is C30H36N4O2S. The summed E-state index contributed by atoms with van der Waals surface area (Å²) >= 11 is 1.78. The molecule has 2 heterocycles. The van der Waals surface area contributed by atoms with Crippen molar-refractivity contribution < 1.29 is 9.53 Å². The average Bonchev–Trinajstić information content (AvgIpc) is 3.65. The van der Waals surface area contributed by atoms with Crippen LogP contribution >= 0.6 is 11.3 Å². The first-order chi connectivity index (χ1) is 18.0. The van der Waals surface area contributed by atoms with E-state index in [0.29, 0.717) is 11.8 Å². The molecular weight excluding hydrogens is 480 g/mol. The summed E-state index contributed by atoms with van der Waals surface area (Å²) in [5.41, 5.74) is 3.53. The molecule has 0 unspecified atom stereocenters. The zero-order valence-corrected chi connectivity index (χ0v) is 22.7. The molecule has 0 atom stereocenters. The van der Waals surface area contributed by atoms with Gasteiger partial charge in [0.2, 0.25) is 11.8 Å². The highest BCUT2D eigenvalue weighted by Crippen LogP contribution is 2.58. The van der Waals surface area contributed by atoms with Gasteiger partial charge in [-0.05, 0) is 93.0 Å². The average molecular weight is 517 g/mol. The molecule has 0 saturated heterocycles. The Hall–Kier alpha value is -2.80. The molecule has 4 saturated carbocycles. The van der Waals surface area contributed by atoms with Crippen LogP contribution in [0.15, 0.2) is 42.6 Å². The van der Waals surface area contributed by atoms with Crippen LogP contribution in [0.4, 0.5) is 5.69 Å². The van der Waals surface area contributed by atoms with Crippen molar-refractivity contribution in [1.29, 1.82) is 0 Å². The molecule has 0 radical (unpaired) electrons. The van der Waals surface area contributed by atoms with Crippen LogP contribution in [0.2, 0.25) is 0 Å². The van der Waals surface area contributed by atoms with E-state index in [1.807, 2.05) is 12.1 Å². The van der Waals surface area contributed by atoms with Gasteiger partial charge < -0.3 is 9.64 Å². The molecule has 4 aliphatic rings. The highest BCUT2D eigenvalue weighted by atomic mass is 32.1. The topological polar surface area (TPSA) is 68.2 Å². The summed E-state index contributed by atoms with van der Waals surface area (Å²) in [5, 5.41) is 11.2. The van der Waals surface area contributed by atoms with Crippen LogP contribution in [-0.2, 0) is 10.2 Å². The van der Waals surface area contributed by atoms with Crippen molar-refractivity contribution in [1.82, 2.24) is 15.2 Å². The number of anilines is 1. The summed E-state index contributed by atoms with van der Waals surface area (Å²) in [6.45, 7) is 2.87. The first-order valence-corrected chi connectivity index (χ1v) is 14.5. The van der Waals surface area contributed by atoms with Gasteiger partial charge in [-0.1, -0.05) is 25.0 Å². The van der Waals surface area contributed by atoms with E-state index in [9.17, 15) is 4.79 Å². The number of pyridine rings is 1. The Kier molecular flexibility index (Phi) is 6.51. The zero-order chi connectivity index (χ0) is 25.5. The fourth-order valence-corrected chi connectivity index (χ4v) is 7.88. The van der Waals surface area contributed by atoms with E-state index in [1.54, 1.807) is 24.6 Å². The summed E-state index contributed by atoms with van der Waals surface area (Å²) in [6.07, 6.45) is 13.1. The van der Waals surface area contributed by atoms with Crippen molar-refractivity contribution in [3.8, 4) is 17.0 Å². The Morgan fingerprint density at radius 1 is 1.03 bits per heavy atom. The number of carbonyl (C=O) groups is 1. The summed E-state index contributed by atoms with van der Waals surface area (Å²) in [5.74, 6) is 1.06. The van der Waals surface area contributed by atoms with Gasteiger partial charge >= 0.3 is 0 Å². The van der Waals surface area contributed by atoms with Crippen LogP contribution in [0.5, 0.6) is 5.88 Å². The molecule has 1 aromatic carbocycles. The van der Waals surface area contributed by atoms with Crippen molar-refractivity contribution >= 4 is 22.9 Å². The predicted molar refractivity (Wildman–Crippen MR) is 147 cm³/mol. The van der Waals surface area contributed by atoms with Gasteiger partial charge in [0.05, 0.1) is 7.11 Å². The second kappa shape index (κ2) is 9.82. The Balaban J connectivity index is 1.29. The Labute approximate surface area is 223 Å². The number of rotatable bonds is 7. The summed E-state index contributed by atoms with van der Waals surface area (Å²) < 4.78 is 5.35. The van der Waals surface area contributed by atoms with Crippen LogP contribution in [0.25, 0.3) is 11.1 Å². The molecule has 37 heavy (non-hydrogen) atoms. The summed E-state index contributed by atoms with van der Waals surface area (Å²) in [4.78, 5) is 20.4. The zero-order valence-electron chi connectivity index (χ0n) is 21.9. The van der Waals surface area contributed by atoms with E-state index in [4.69, 9.17) is 4.74 Å². The normalized spacial score (nSPS) is 25.4. The molecule has 4 fully saturated rings. The summed E-state index contributed by atoms with van der Waals surface area (Å²) in [6, 6.07) is 12.4. The van der Waals surface area contributed by atoms with Gasteiger partial charge in [0.15, 0.2) is 0 Å². The van der Waals surface area contributed by atoms with Crippen molar-refractivity contribution in [2.75, 3.05) is 18.6 Å². The lowest BCUT2D eigenvalue weighted by atomic mass is 9.53. The van der Waals surface area contributed by atoms with Crippen LogP contribution in [0.1, 0.15) is 74.2 Å². The maximum absolute atomic E-state index is 14.0. The second-order valence-electron chi connectivity index (χ2n) is 11.4. The largest absolute Gasteiger partial charge is 0.481 e. The highest BCUT2D eigenvalue weighted by Gasteiger charge is 2.52. The molecule has 0 aliphatic heterocycles. The van der Waals surface area contributed by atoms with Gasteiger partial charge in [-0.25, -0.2) is 4.98 Å². The lowest BCUT2D eigenvalue weighted by molar-refractivity contribution is -0.123. The van der Waals surface area contributed by atoms with Crippen LogP contribution in [0, 0.1) is 18.3 Å². The number of amides is 1. The van der Waals surface area contributed by atoms with Crippen molar-refractivity contribution in [3.05, 3.63) is 52.6 Å². The van der Waals surface area contributed by atoms with Gasteiger partial charge in [-0.15, -0.1) is 21.5 Å². The van der Waals surface area contributed by atoms with E-state index in [-0.39, 0.29) is 16.7 Å². The minimum absolute atomic E-state index is 0.150. The number of nitrogens with zero attached hydrogens (tertiary/aromatic N) is 4. The number of aromatic nitrogens is 3. The fourth-order valence-electron chi connectivity index (χ4n) is 6.91. The van der Waals surface area contributed by atoms with Gasteiger partial charge in [0, 0.05) is 35.8 Å². The first-order valence-electron chi connectivity index (χ1n) is 13.7. The van der Waals surface area contributed by atoms with E-state index in [2.05, 4.69) is 51.3 Å². The van der Waals surface area contributed by atoms with Gasteiger partial charge in [-0.3, -0.25) is 4.79 Å². The Morgan fingerprint density at radius 2 is 1.76 bits per heavy atom. The molecule has 0 spiro atoms. The monoisotopic (exact) mass is 516 g/mol. The van der Waals surface area contributed by atoms with E-state index < -0.39 is 0 Å². The molecule has 0 N–H and O–H groups in total. The number of hydrogen-bond acceptors (Lipinski definition) is 6. The number of methoxy groups -OCH3 is 1. The van der Waals surface area contributed by atoms with E-state index in [1.165, 1.54) is 5.01 Å². The van der Waals surface area contributed by atoms with Gasteiger partial charge in [0.25, 0.3) is 0 Å². The van der Waals surface area contributed by atoms with Crippen LogP contribution < -0.4 is 9.64 Å². The Morgan fingerprint density at radius 3 is 2.43 bits per heavy atom. The maximum atomic E-state index is 14.0. The molecule has 7 rings (SSSR count). The van der Waals surface area contributed by atoms with Crippen molar-refractivity contribution in [2.24, 2.45) is 11.3 Å². The summed E-state index contributed by atoms with van der Waals surface area (Å²) in [7, 11) is 1.64. The van der Waals surface area contributed by atoms with Crippen molar-refractivity contribution in [3.63, 3.8) is 0 Å². The second-order valence-corrected chi connectivity index (χ2v) is 12.6. The first kappa shape index (κ1) is 24.5. The maximum Gasteiger partial charge on any atom is 0.230 e. The molecule has 2 aromatic heterocycles. The minimum Gasteiger partial charge on any atom is -0.481 e. The molecule has 7 heteroatoms. The van der Waals surface area contributed by atoms with Crippen molar-refractivity contribution in [2.45, 2.75) is 76.5 Å². The van der Waals surface area contributed by atoms with E-state index >= 15 is 0 Å². The fraction of sp³-hybridized carbons (Fsp3) is 0.533. The van der Waals surface area contributed by atoms with Gasteiger partial charge in [-0.2, -0.15) is 0 Å². The minimum atomic E-state index is 0.150. The third-order valence-corrected chi connectivity index (χ3v) is 10.4. The lowest BCUT2D eigenvalue weighted by Gasteiger charge is -2.54. The molecule has 2 bridgehead atoms. The third kappa shape index (κ3) is 4.67. The third-order valence-electron chi connectivity index (χ3n) is 9.28. The van der Waals surface area contributed by atoms with Crippen LogP contribution in [-0.4, -0.2) is 34.7 Å². The quantitative estimate of drug-likeness (QED) is 0.348. The number of benzene rings is 1. The standard InChI is InChI=1S/C30H36N4O2S/c1-21-32-33-28(37-21)30-14-11-29(12-15-30,13-16-30)20-34(27(35)22-6-3-4-7-22)25-9-5-8-23(18-25)24-10-17-31-26(19-24)36-2/h5,8-10,17-19,22H,3-4,6-7,11-16,20H2,1-2H3. The highest BCUT2D eigenvalue weighted by molar-refractivity contribution is 7.11. The van der Waals surface area contributed by atoms with E-state index in [0.717, 1.165) is 92.6 Å². The van der Waals surface area contributed by atoms with Crippen LogP contribution in [0.3, 0.4) is 0 Å². The Bertz CT molecular complexity index is 1260. The lowest BCUT2D eigenvalue weighted by Crippen LogP contribution is -2.51. The predicted octanol–water partition coefficient (Wildman–Crippen LogP) is 6.73. The number of aryl methyl sites for hydroxylation is 1. The van der Waals surface area contributed by atoms with Gasteiger partial charge in [0.1, 0.15) is 10.0 Å². The molecule has 6 nitrogen and oxygen atoms in total. The molecule has 194 valence electrons. The smallest absolute Gasteiger partial charge is 0.230 e. The number of hydrogen-bond donors (Lipinski definition) is 0. The molecule has 4 aliphatic carbocycles. The number of fused-ring (bicyclic) bond motifs is 3. The number of ether oxygens (including phenoxy) is 1. The SMILES string of the molecule is COc1cc(-c2cccc(N(CC34CCC(c5nnc(C)s5)(CC3)CC4)C(=O)C3CCCC3)c2)ccn1.